The van der Waals surface area contributed by atoms with E-state index in [9.17, 15) is 0 Å². The molecule has 0 bridgehead atoms. The molecule has 0 saturated heterocycles. The number of rotatable bonds is 7. The molecule has 0 N–H and O–H groups in total. The van der Waals surface area contributed by atoms with Gasteiger partial charge >= 0.3 is 0 Å². The highest BCUT2D eigenvalue weighted by Gasteiger charge is 2.30. The zero-order valence-corrected chi connectivity index (χ0v) is 59.4. The fourth-order valence-electron chi connectivity index (χ4n) is 19.4. The van der Waals surface area contributed by atoms with E-state index in [4.69, 9.17) is 19.9 Å². The van der Waals surface area contributed by atoms with Crippen molar-refractivity contribution in [2.45, 2.75) is 0 Å². The van der Waals surface area contributed by atoms with E-state index in [-0.39, 0.29) is 0 Å². The van der Waals surface area contributed by atoms with Crippen LogP contribution < -0.4 is 0 Å². The van der Waals surface area contributed by atoms with Crippen LogP contribution in [0.2, 0.25) is 0 Å². The Bertz CT molecular complexity index is 8570. The molecule has 0 amide bonds. The molecule has 9 heteroatoms. The van der Waals surface area contributed by atoms with Crippen molar-refractivity contribution >= 4 is 185 Å². The Morgan fingerprint density at radius 3 is 1.28 bits per heavy atom. The van der Waals surface area contributed by atoms with E-state index in [2.05, 4.69) is 368 Å². The summed E-state index contributed by atoms with van der Waals surface area (Å²) >= 11 is 0. The second-order valence-corrected chi connectivity index (χ2v) is 30.0. The monoisotopic (exact) mass is 1410 g/mol. The summed E-state index contributed by atoms with van der Waals surface area (Å²) in [4.78, 5) is 22.4. The Hall–Kier alpha value is -15.1. The molecule has 0 unspecified atom stereocenters. The van der Waals surface area contributed by atoms with Crippen LogP contribution in [0.3, 0.4) is 0 Å². The molecule has 0 spiro atoms. The maximum absolute atomic E-state index is 5.85. The zero-order valence-electron chi connectivity index (χ0n) is 59.4. The third-order valence-electron chi connectivity index (χ3n) is 24.3. The van der Waals surface area contributed by atoms with Crippen LogP contribution in [-0.4, -0.2) is 42.4 Å². The predicted octanol–water partition coefficient (Wildman–Crippen LogP) is 26.1. The summed E-state index contributed by atoms with van der Waals surface area (Å²) in [5.41, 5.74) is 24.0. The number of aromatic nitrogens is 9. The maximum Gasteiger partial charge on any atom is 0.235 e. The number of fused-ring (bicyclic) bond motifs is 27. The van der Waals surface area contributed by atoms with Gasteiger partial charge in [-0.2, -0.15) is 0 Å². The average Bonchev–Trinajstić information content (AvgIpc) is 1.52. The number of hydrogen-bond donors (Lipinski definition) is 0. The van der Waals surface area contributed by atoms with Gasteiger partial charge in [0.15, 0.2) is 5.82 Å². The van der Waals surface area contributed by atoms with Crippen LogP contribution in [0, 0.1) is 0 Å². The van der Waals surface area contributed by atoms with Gasteiger partial charge in [-0.1, -0.05) is 237 Å². The van der Waals surface area contributed by atoms with Crippen LogP contribution in [0.25, 0.3) is 247 Å². The first kappa shape index (κ1) is 59.1. The van der Waals surface area contributed by atoms with E-state index >= 15 is 0 Å². The lowest BCUT2D eigenvalue weighted by atomic mass is 9.99. The highest BCUT2D eigenvalue weighted by Crippen LogP contribution is 2.51. The lowest BCUT2D eigenvalue weighted by Crippen LogP contribution is -2.04. The fraction of sp³-hybridized carbons (Fsp3) is 0. The molecule has 0 saturated carbocycles. The molecule has 9 aromatic heterocycles. The van der Waals surface area contributed by atoms with Crippen molar-refractivity contribution in [3.8, 4) is 62.4 Å². The van der Waals surface area contributed by atoms with Gasteiger partial charge in [-0.25, -0.2) is 19.9 Å². The van der Waals surface area contributed by atoms with Crippen molar-refractivity contribution in [2.75, 3.05) is 0 Å². The van der Waals surface area contributed by atoms with Crippen molar-refractivity contribution in [1.82, 2.24) is 42.4 Å². The number of benzene rings is 17. The molecule has 0 fully saturated rings. The Kier molecular flexibility index (Phi) is 11.6. The molecule has 0 radical (unpaired) electrons. The first-order valence-corrected chi connectivity index (χ1v) is 38.0. The van der Waals surface area contributed by atoms with Gasteiger partial charge in [0.25, 0.3) is 0 Å². The zero-order chi connectivity index (χ0) is 72.0. The molecule has 26 rings (SSSR count). The summed E-state index contributed by atoms with van der Waals surface area (Å²) in [7, 11) is 0. The topological polar surface area (TPSA) is 75.2 Å². The minimum atomic E-state index is 0.626. The van der Waals surface area contributed by atoms with Gasteiger partial charge in [-0.05, 0) is 153 Å². The van der Waals surface area contributed by atoms with Crippen LogP contribution in [0.5, 0.6) is 0 Å². The Labute approximate surface area is 631 Å². The summed E-state index contributed by atoms with van der Waals surface area (Å²) in [6.45, 7) is 0. The van der Waals surface area contributed by atoms with E-state index in [0.717, 1.165) is 116 Å². The van der Waals surface area contributed by atoms with Crippen LogP contribution in [0.4, 0.5) is 0 Å². The third kappa shape index (κ3) is 8.06. The van der Waals surface area contributed by atoms with E-state index in [1.165, 1.54) is 119 Å². The first-order valence-electron chi connectivity index (χ1n) is 38.0. The first-order chi connectivity index (χ1) is 55.0. The largest absolute Gasteiger partial charge is 0.309 e. The second kappa shape index (κ2) is 21.8. The molecule has 0 atom stereocenters. The normalized spacial score (nSPS) is 12.5. The number of para-hydroxylation sites is 6. The molecule has 510 valence electrons. The van der Waals surface area contributed by atoms with E-state index in [0.29, 0.717) is 11.8 Å². The molecule has 26 aromatic rings. The van der Waals surface area contributed by atoms with Gasteiger partial charge in [0.1, 0.15) is 5.82 Å². The number of hydrogen-bond acceptors (Lipinski definition) is 4. The molecule has 0 aliphatic rings. The van der Waals surface area contributed by atoms with Crippen LogP contribution in [0.15, 0.2) is 346 Å². The minimum absolute atomic E-state index is 0.626. The Balaban J connectivity index is 0.642. The van der Waals surface area contributed by atoms with Gasteiger partial charge in [-0.15, -0.1) is 0 Å². The molecular weight excluding hydrogens is 1350 g/mol. The quantitative estimate of drug-likeness (QED) is 0.159. The lowest BCUT2D eigenvalue weighted by molar-refractivity contribution is 1.02. The molecule has 9 heterocycles. The summed E-state index contributed by atoms with van der Waals surface area (Å²) in [5.74, 6) is 2.15. The molecule has 0 aliphatic carbocycles. The van der Waals surface area contributed by atoms with E-state index < -0.39 is 0 Å². The van der Waals surface area contributed by atoms with Gasteiger partial charge < -0.3 is 13.4 Å². The Morgan fingerprint density at radius 1 is 0.198 bits per heavy atom. The van der Waals surface area contributed by atoms with Gasteiger partial charge in [0, 0.05) is 103 Å². The SMILES string of the molecule is c1ccc(-c2ccc(-c3nc(-n4c5cc6ccccc6cc5c5cc6c7cc(-c8ccc(-n9c%10ccccc%10c%10ccc(-c%11nc(-n%12c%13cc%14ccccc%14cc%13c%13cc%14c%15ccccc%15n%15c%16ccccc%16c(c%13%12)c%14%15)nc%12ccccc%11%12)cc%109)cc8)ccc7n7c8ccccc8c(c54)c67)c4ccccc4n3)cc2)cc1. The van der Waals surface area contributed by atoms with Gasteiger partial charge in [-0.3, -0.25) is 9.13 Å². The summed E-state index contributed by atoms with van der Waals surface area (Å²) in [6, 6.07) is 127. The summed E-state index contributed by atoms with van der Waals surface area (Å²) < 4.78 is 12.2. The Morgan fingerprint density at radius 2 is 0.622 bits per heavy atom. The molecule has 0 aliphatic heterocycles. The number of nitrogens with zero attached hydrogens (tertiary/aromatic N) is 9. The van der Waals surface area contributed by atoms with Crippen LogP contribution >= 0.6 is 0 Å². The van der Waals surface area contributed by atoms with Crippen molar-refractivity contribution in [1.29, 1.82) is 0 Å². The fourth-order valence-corrected chi connectivity index (χ4v) is 19.4. The standard InChI is InChI=1S/C102H57N9/c1-2-20-58(21-3-1)59-38-40-61(41-39-59)100-103-84-33-15-9-29-73(84)101(106-100)110-91-53-64-24-6-4-22-62(64)50-77(91)81-57-80-76-52-66(45-49-89(76)109-88-37-19-12-30-74(88)93(97(80)109)98(81)110)60-42-46-68(47-43-60)107-85-34-16-10-26-69(85)71-48-44-67(55-90(71)107)95-72-28-8-14-32-83(72)104-102(105-95)111-92-54-65-25-7-5-23-63(65)51-78(92)82-56-79-70-27-11-17-35-86(70)108-87-36-18-13-31-75(87)94(96(79)108)99(82)111/h1-57H. The minimum Gasteiger partial charge on any atom is -0.309 e. The van der Waals surface area contributed by atoms with E-state index in [1.807, 2.05) is 0 Å². The lowest BCUT2D eigenvalue weighted by Gasteiger charge is -2.14. The van der Waals surface area contributed by atoms with Crippen LogP contribution in [0.1, 0.15) is 0 Å². The molecular formula is C102H57N9. The third-order valence-corrected chi connectivity index (χ3v) is 24.3. The smallest absolute Gasteiger partial charge is 0.235 e. The molecule has 111 heavy (non-hydrogen) atoms. The van der Waals surface area contributed by atoms with Crippen LogP contribution in [-0.2, 0) is 0 Å². The van der Waals surface area contributed by atoms with Crippen molar-refractivity contribution in [2.24, 2.45) is 0 Å². The maximum atomic E-state index is 5.85. The molecule has 9 nitrogen and oxygen atoms in total. The second-order valence-electron chi connectivity index (χ2n) is 30.0. The van der Waals surface area contributed by atoms with E-state index in [1.54, 1.807) is 0 Å². The predicted molar refractivity (Wildman–Crippen MR) is 462 cm³/mol. The average molecular weight is 1410 g/mol. The van der Waals surface area contributed by atoms with Crippen molar-refractivity contribution < 1.29 is 0 Å². The van der Waals surface area contributed by atoms with Gasteiger partial charge in [0.05, 0.1) is 82.9 Å². The van der Waals surface area contributed by atoms with Gasteiger partial charge in [0.2, 0.25) is 5.95 Å². The molecule has 17 aromatic carbocycles. The summed E-state index contributed by atoms with van der Waals surface area (Å²) in [6.07, 6.45) is 0. The van der Waals surface area contributed by atoms with Crippen molar-refractivity contribution in [3.05, 3.63) is 346 Å². The highest BCUT2D eigenvalue weighted by molar-refractivity contribution is 6.37. The summed E-state index contributed by atoms with van der Waals surface area (Å²) in [5, 5.41) is 23.4. The highest BCUT2D eigenvalue weighted by atomic mass is 15.2. The van der Waals surface area contributed by atoms with Crippen molar-refractivity contribution in [3.63, 3.8) is 0 Å².